The van der Waals surface area contributed by atoms with Gasteiger partial charge in [0.05, 0.1) is 17.7 Å². The molecule has 106 valence electrons. The second-order valence-electron chi connectivity index (χ2n) is 4.45. The Hall–Kier alpha value is -2.34. The normalized spacial score (nSPS) is 11.8. The molecule has 0 unspecified atom stereocenters. The summed E-state index contributed by atoms with van der Waals surface area (Å²) in [6.07, 6.45) is 0. The van der Waals surface area contributed by atoms with Crippen molar-refractivity contribution in [1.29, 1.82) is 0 Å². The molecule has 2 aromatic rings. The standard InChI is InChI=1S/C14H18N4O2/c1-18(7-8-20-2)14-11(13(15)17-19)9-10-5-3-4-6-12(10)16-14/h3-6,9,19H,7-8H2,1-2H3,(H2,15,17). The van der Waals surface area contributed by atoms with Crippen molar-refractivity contribution in [2.24, 2.45) is 10.9 Å². The van der Waals surface area contributed by atoms with Gasteiger partial charge in [0, 0.05) is 26.1 Å². The van der Waals surface area contributed by atoms with Gasteiger partial charge in [-0.05, 0) is 12.1 Å². The lowest BCUT2D eigenvalue weighted by Crippen LogP contribution is -2.27. The lowest BCUT2D eigenvalue weighted by molar-refractivity contribution is 0.206. The quantitative estimate of drug-likeness (QED) is 0.373. The van der Waals surface area contributed by atoms with E-state index in [0.717, 1.165) is 10.9 Å². The third-order valence-electron chi connectivity index (χ3n) is 3.08. The summed E-state index contributed by atoms with van der Waals surface area (Å²) in [6.45, 7) is 1.23. The summed E-state index contributed by atoms with van der Waals surface area (Å²) in [5.74, 6) is 0.707. The highest BCUT2D eigenvalue weighted by atomic mass is 16.5. The van der Waals surface area contributed by atoms with E-state index >= 15 is 0 Å². The highest BCUT2D eigenvalue weighted by Gasteiger charge is 2.14. The molecule has 6 nitrogen and oxygen atoms in total. The Bertz CT molecular complexity index is 628. The molecule has 0 amide bonds. The van der Waals surface area contributed by atoms with Gasteiger partial charge >= 0.3 is 0 Å². The molecule has 1 heterocycles. The average Bonchev–Trinajstić information content (AvgIpc) is 2.50. The summed E-state index contributed by atoms with van der Waals surface area (Å²) in [6, 6.07) is 9.59. The van der Waals surface area contributed by atoms with Crippen LogP contribution in [0.15, 0.2) is 35.5 Å². The van der Waals surface area contributed by atoms with Gasteiger partial charge in [-0.1, -0.05) is 23.4 Å². The Morgan fingerprint density at radius 3 is 2.90 bits per heavy atom. The van der Waals surface area contributed by atoms with Crippen LogP contribution in [0, 0.1) is 0 Å². The molecule has 2 rings (SSSR count). The fraction of sp³-hybridized carbons (Fsp3) is 0.286. The van der Waals surface area contributed by atoms with Crippen LogP contribution in [0.3, 0.4) is 0 Å². The van der Waals surface area contributed by atoms with Crippen molar-refractivity contribution in [3.8, 4) is 0 Å². The first-order chi connectivity index (χ1) is 9.67. The summed E-state index contributed by atoms with van der Waals surface area (Å²) >= 11 is 0. The Morgan fingerprint density at radius 1 is 1.45 bits per heavy atom. The fourth-order valence-corrected chi connectivity index (χ4v) is 1.97. The first-order valence-electron chi connectivity index (χ1n) is 6.25. The maximum absolute atomic E-state index is 8.93. The molecule has 0 radical (unpaired) electrons. The highest BCUT2D eigenvalue weighted by Crippen LogP contribution is 2.22. The molecule has 0 aliphatic carbocycles. The zero-order valence-corrected chi connectivity index (χ0v) is 11.6. The fourth-order valence-electron chi connectivity index (χ4n) is 1.97. The number of anilines is 1. The number of para-hydroxylation sites is 1. The molecule has 3 N–H and O–H groups in total. The zero-order valence-electron chi connectivity index (χ0n) is 11.6. The summed E-state index contributed by atoms with van der Waals surface area (Å²) in [5, 5.41) is 13.0. The maximum Gasteiger partial charge on any atom is 0.173 e. The van der Waals surface area contributed by atoms with Gasteiger partial charge in [0.2, 0.25) is 0 Å². The number of benzene rings is 1. The molecule has 1 aromatic carbocycles. The van der Waals surface area contributed by atoms with Gasteiger partial charge in [-0.2, -0.15) is 0 Å². The molecular formula is C14H18N4O2. The Morgan fingerprint density at radius 2 is 2.20 bits per heavy atom. The first kappa shape index (κ1) is 14.1. The van der Waals surface area contributed by atoms with Gasteiger partial charge in [0.1, 0.15) is 5.82 Å². The van der Waals surface area contributed by atoms with Crippen molar-refractivity contribution in [2.75, 3.05) is 32.2 Å². The number of pyridine rings is 1. The van der Waals surface area contributed by atoms with E-state index in [0.29, 0.717) is 24.5 Å². The first-order valence-corrected chi connectivity index (χ1v) is 6.25. The molecule has 0 fully saturated rings. The van der Waals surface area contributed by atoms with E-state index < -0.39 is 0 Å². The van der Waals surface area contributed by atoms with E-state index in [-0.39, 0.29) is 5.84 Å². The molecule has 0 spiro atoms. The van der Waals surface area contributed by atoms with Crippen LogP contribution >= 0.6 is 0 Å². The molecule has 0 bridgehead atoms. The lowest BCUT2D eigenvalue weighted by atomic mass is 10.1. The Balaban J connectivity index is 2.54. The predicted molar refractivity (Wildman–Crippen MR) is 79.4 cm³/mol. The van der Waals surface area contributed by atoms with Gasteiger partial charge < -0.3 is 20.6 Å². The number of nitrogens with zero attached hydrogens (tertiary/aromatic N) is 3. The molecule has 20 heavy (non-hydrogen) atoms. The SMILES string of the molecule is COCCN(C)c1nc2ccccc2cc1C(N)=NO. The largest absolute Gasteiger partial charge is 0.409 e. The van der Waals surface area contributed by atoms with Gasteiger partial charge in [0.15, 0.2) is 5.84 Å². The van der Waals surface area contributed by atoms with Crippen LogP contribution in [0.5, 0.6) is 0 Å². The smallest absolute Gasteiger partial charge is 0.173 e. The summed E-state index contributed by atoms with van der Waals surface area (Å²) in [7, 11) is 3.54. The zero-order chi connectivity index (χ0) is 14.5. The topological polar surface area (TPSA) is 84.0 Å². The number of hydrogen-bond donors (Lipinski definition) is 2. The van der Waals surface area contributed by atoms with E-state index in [9.17, 15) is 0 Å². The van der Waals surface area contributed by atoms with Crippen molar-refractivity contribution < 1.29 is 9.94 Å². The average molecular weight is 274 g/mol. The van der Waals surface area contributed by atoms with E-state index in [1.54, 1.807) is 7.11 Å². The Kier molecular flexibility index (Phi) is 4.37. The minimum absolute atomic E-state index is 0.0440. The molecule has 0 saturated heterocycles. The van der Waals surface area contributed by atoms with Crippen LogP contribution in [0.1, 0.15) is 5.56 Å². The number of rotatable bonds is 5. The third-order valence-corrected chi connectivity index (χ3v) is 3.08. The monoisotopic (exact) mass is 274 g/mol. The van der Waals surface area contributed by atoms with Crippen molar-refractivity contribution in [3.05, 3.63) is 35.9 Å². The number of likely N-dealkylation sites (N-methyl/N-ethyl adjacent to an activating group) is 1. The van der Waals surface area contributed by atoms with Crippen molar-refractivity contribution in [3.63, 3.8) is 0 Å². The molecule has 0 aliphatic heterocycles. The van der Waals surface area contributed by atoms with Gasteiger partial charge in [-0.25, -0.2) is 4.98 Å². The van der Waals surface area contributed by atoms with Crippen LogP contribution in [0.4, 0.5) is 5.82 Å². The van der Waals surface area contributed by atoms with E-state index in [4.69, 9.17) is 15.7 Å². The number of hydrogen-bond acceptors (Lipinski definition) is 5. The number of ether oxygens (including phenoxy) is 1. The Labute approximate surface area is 117 Å². The van der Waals surface area contributed by atoms with E-state index in [2.05, 4.69) is 10.1 Å². The minimum atomic E-state index is 0.0440. The highest BCUT2D eigenvalue weighted by molar-refractivity contribution is 6.04. The molecule has 1 aromatic heterocycles. The summed E-state index contributed by atoms with van der Waals surface area (Å²) in [4.78, 5) is 6.52. The maximum atomic E-state index is 8.93. The van der Waals surface area contributed by atoms with Gasteiger partial charge in [-0.3, -0.25) is 0 Å². The van der Waals surface area contributed by atoms with Gasteiger partial charge in [0.25, 0.3) is 0 Å². The molecule has 0 atom stereocenters. The number of aromatic nitrogens is 1. The molecular weight excluding hydrogens is 256 g/mol. The number of amidine groups is 1. The van der Waals surface area contributed by atoms with E-state index in [1.165, 1.54) is 0 Å². The second-order valence-corrected chi connectivity index (χ2v) is 4.45. The van der Waals surface area contributed by atoms with Crippen molar-refractivity contribution >= 4 is 22.6 Å². The third kappa shape index (κ3) is 2.80. The van der Waals surface area contributed by atoms with Crippen LogP contribution in [-0.4, -0.2) is 43.3 Å². The number of fused-ring (bicyclic) bond motifs is 1. The predicted octanol–water partition coefficient (Wildman–Crippen LogP) is 1.41. The second kappa shape index (κ2) is 6.21. The lowest BCUT2D eigenvalue weighted by Gasteiger charge is -2.21. The molecule has 6 heteroatoms. The van der Waals surface area contributed by atoms with Crippen LogP contribution in [-0.2, 0) is 4.74 Å². The number of oxime groups is 1. The number of methoxy groups -OCH3 is 1. The van der Waals surface area contributed by atoms with E-state index in [1.807, 2.05) is 42.3 Å². The molecule has 0 aliphatic rings. The molecule has 0 saturated carbocycles. The summed E-state index contributed by atoms with van der Waals surface area (Å²) < 4.78 is 5.07. The minimum Gasteiger partial charge on any atom is -0.409 e. The number of nitrogens with two attached hydrogens (primary N) is 1. The van der Waals surface area contributed by atoms with Crippen LogP contribution in [0.2, 0.25) is 0 Å². The van der Waals surface area contributed by atoms with Crippen molar-refractivity contribution in [2.45, 2.75) is 0 Å². The van der Waals surface area contributed by atoms with Crippen molar-refractivity contribution in [1.82, 2.24) is 4.98 Å². The van der Waals surface area contributed by atoms with Crippen LogP contribution in [0.25, 0.3) is 10.9 Å². The van der Waals surface area contributed by atoms with Gasteiger partial charge in [-0.15, -0.1) is 0 Å². The van der Waals surface area contributed by atoms with Crippen LogP contribution < -0.4 is 10.6 Å². The summed E-state index contributed by atoms with van der Waals surface area (Å²) in [5.41, 5.74) is 7.22.